The Kier molecular flexibility index (Phi) is 7.02. The van der Waals surface area contributed by atoms with Crippen molar-refractivity contribution in [2.75, 3.05) is 32.7 Å². The number of amides is 1. The van der Waals surface area contributed by atoms with E-state index in [1.807, 2.05) is 4.90 Å². The van der Waals surface area contributed by atoms with Gasteiger partial charge < -0.3 is 14.1 Å². The predicted octanol–water partition coefficient (Wildman–Crippen LogP) is 3.76. The van der Waals surface area contributed by atoms with Crippen LogP contribution < -0.4 is 0 Å². The molecule has 6 nitrogen and oxygen atoms in total. The molecule has 168 valence electrons. The Hall–Kier alpha value is -2.25. The number of hydrogen-bond acceptors (Lipinski definition) is 5. The van der Waals surface area contributed by atoms with Crippen LogP contribution in [0.15, 0.2) is 34.9 Å². The van der Waals surface area contributed by atoms with Crippen molar-refractivity contribution in [3.05, 3.63) is 42.2 Å². The Morgan fingerprint density at radius 1 is 1.16 bits per heavy atom. The van der Waals surface area contributed by atoms with Gasteiger partial charge in [0.25, 0.3) is 0 Å². The molecule has 31 heavy (non-hydrogen) atoms. The molecule has 0 spiro atoms. The van der Waals surface area contributed by atoms with E-state index < -0.39 is 0 Å². The van der Waals surface area contributed by atoms with Crippen LogP contribution in [0.3, 0.4) is 0 Å². The molecule has 0 saturated carbocycles. The Bertz CT molecular complexity index is 868. The average molecular weight is 430 g/mol. The number of likely N-dealkylation sites (tertiary alicyclic amines) is 1. The number of oxazole rings is 1. The summed E-state index contributed by atoms with van der Waals surface area (Å²) in [5, 5.41) is 0. The van der Waals surface area contributed by atoms with E-state index in [0.29, 0.717) is 48.2 Å². The minimum Gasteiger partial charge on any atom is -0.441 e. The average Bonchev–Trinajstić information content (AvgIpc) is 3.21. The molecule has 1 aromatic carbocycles. The van der Waals surface area contributed by atoms with Crippen LogP contribution in [-0.4, -0.2) is 65.6 Å². The molecule has 2 aliphatic heterocycles. The Morgan fingerprint density at radius 3 is 2.58 bits per heavy atom. The molecule has 0 N–H and O–H groups in total. The second kappa shape index (κ2) is 9.92. The van der Waals surface area contributed by atoms with Crippen LogP contribution in [0, 0.1) is 11.7 Å². The number of piperidine rings is 1. The third-order valence-corrected chi connectivity index (χ3v) is 6.22. The number of carbonyl (C=O) groups is 1. The topological polar surface area (TPSA) is 58.8 Å². The lowest BCUT2D eigenvalue weighted by Crippen LogP contribution is -2.48. The van der Waals surface area contributed by atoms with Crippen molar-refractivity contribution in [3.63, 3.8) is 0 Å². The first-order valence-electron chi connectivity index (χ1n) is 11.3. The normalized spacial score (nSPS) is 23.3. The third kappa shape index (κ3) is 5.71. The SMILES string of the molecule is CC1CN(CC2CCN(C(=O)CCc3ncc(-c4ccccc4F)o3)CC2)CC(C)O1. The van der Waals surface area contributed by atoms with Crippen molar-refractivity contribution in [3.8, 4) is 11.3 Å². The highest BCUT2D eigenvalue weighted by molar-refractivity contribution is 5.76. The molecule has 2 unspecified atom stereocenters. The Balaban J connectivity index is 1.21. The van der Waals surface area contributed by atoms with Crippen molar-refractivity contribution >= 4 is 5.91 Å². The van der Waals surface area contributed by atoms with Gasteiger partial charge >= 0.3 is 0 Å². The highest BCUT2D eigenvalue weighted by Gasteiger charge is 2.28. The minimum atomic E-state index is -0.342. The summed E-state index contributed by atoms with van der Waals surface area (Å²) in [4.78, 5) is 21.3. The van der Waals surface area contributed by atoms with E-state index in [-0.39, 0.29) is 11.7 Å². The molecule has 0 radical (unpaired) electrons. The maximum atomic E-state index is 13.9. The monoisotopic (exact) mass is 429 g/mol. The van der Waals surface area contributed by atoms with E-state index in [2.05, 4.69) is 23.7 Å². The quantitative estimate of drug-likeness (QED) is 0.700. The predicted molar refractivity (Wildman–Crippen MR) is 116 cm³/mol. The number of aryl methyl sites for hydroxylation is 1. The first kappa shape index (κ1) is 22.0. The largest absolute Gasteiger partial charge is 0.441 e. The fourth-order valence-corrected chi connectivity index (χ4v) is 4.75. The van der Waals surface area contributed by atoms with Crippen molar-refractivity contribution < 1.29 is 18.3 Å². The molecule has 2 fully saturated rings. The highest BCUT2D eigenvalue weighted by atomic mass is 19.1. The molecular formula is C24H32FN3O3. The standard InChI is InChI=1S/C24H32FN3O3/c1-17-14-27(15-18(2)30-17)16-19-9-11-28(12-10-19)24(29)8-7-23-26-13-22(31-23)20-5-3-4-6-21(20)25/h3-6,13,17-19H,7-12,14-16H2,1-2H3. The number of morpholine rings is 1. The van der Waals surface area contributed by atoms with Crippen LogP contribution in [0.2, 0.25) is 0 Å². The maximum Gasteiger partial charge on any atom is 0.223 e. The first-order valence-corrected chi connectivity index (χ1v) is 11.3. The first-order chi connectivity index (χ1) is 15.0. The van der Waals surface area contributed by atoms with Crippen molar-refractivity contribution in [2.45, 2.75) is 51.7 Å². The molecule has 2 aromatic rings. The molecule has 0 aliphatic carbocycles. The summed E-state index contributed by atoms with van der Waals surface area (Å²) < 4.78 is 25.4. The van der Waals surface area contributed by atoms with Gasteiger partial charge in [-0.25, -0.2) is 9.37 Å². The number of rotatable bonds is 6. The van der Waals surface area contributed by atoms with Gasteiger partial charge in [-0.05, 0) is 44.7 Å². The van der Waals surface area contributed by atoms with Gasteiger partial charge in [-0.3, -0.25) is 9.69 Å². The lowest BCUT2D eigenvalue weighted by molar-refractivity contribution is -0.132. The summed E-state index contributed by atoms with van der Waals surface area (Å²) in [6.07, 6.45) is 4.98. The van der Waals surface area contributed by atoms with Crippen molar-refractivity contribution in [1.82, 2.24) is 14.8 Å². The molecule has 4 rings (SSSR count). The summed E-state index contributed by atoms with van der Waals surface area (Å²) >= 11 is 0. The Morgan fingerprint density at radius 2 is 1.87 bits per heavy atom. The van der Waals surface area contributed by atoms with Gasteiger partial charge in [0.05, 0.1) is 24.0 Å². The number of nitrogens with zero attached hydrogens (tertiary/aromatic N) is 3. The van der Waals surface area contributed by atoms with Crippen molar-refractivity contribution in [1.29, 1.82) is 0 Å². The highest BCUT2D eigenvalue weighted by Crippen LogP contribution is 2.24. The van der Waals surface area contributed by atoms with Crippen LogP contribution in [0.5, 0.6) is 0 Å². The maximum absolute atomic E-state index is 13.9. The van der Waals surface area contributed by atoms with Crippen LogP contribution in [-0.2, 0) is 16.0 Å². The number of hydrogen-bond donors (Lipinski definition) is 0. The second-order valence-electron chi connectivity index (χ2n) is 8.90. The van der Waals surface area contributed by atoms with Gasteiger partial charge in [-0.1, -0.05) is 12.1 Å². The van der Waals surface area contributed by atoms with Crippen molar-refractivity contribution in [2.24, 2.45) is 5.92 Å². The van der Waals surface area contributed by atoms with E-state index in [1.165, 1.54) is 12.3 Å². The Labute approximate surface area is 183 Å². The molecule has 7 heteroatoms. The molecule has 3 heterocycles. The summed E-state index contributed by atoms with van der Waals surface area (Å²) in [7, 11) is 0. The molecule has 1 aromatic heterocycles. The summed E-state index contributed by atoms with van der Waals surface area (Å²) in [6, 6.07) is 6.45. The zero-order valence-corrected chi connectivity index (χ0v) is 18.4. The van der Waals surface area contributed by atoms with E-state index in [1.54, 1.807) is 18.2 Å². The third-order valence-electron chi connectivity index (χ3n) is 6.22. The van der Waals surface area contributed by atoms with E-state index in [4.69, 9.17) is 9.15 Å². The fraction of sp³-hybridized carbons (Fsp3) is 0.583. The van der Waals surface area contributed by atoms with Crippen LogP contribution in [0.4, 0.5) is 4.39 Å². The summed E-state index contributed by atoms with van der Waals surface area (Å²) in [6.45, 7) is 8.97. The number of aromatic nitrogens is 1. The lowest BCUT2D eigenvalue weighted by Gasteiger charge is -2.39. The number of halogens is 1. The molecular weight excluding hydrogens is 397 g/mol. The molecule has 1 amide bonds. The zero-order valence-electron chi connectivity index (χ0n) is 18.4. The lowest BCUT2D eigenvalue weighted by atomic mass is 9.95. The van der Waals surface area contributed by atoms with Crippen LogP contribution in [0.1, 0.15) is 39.0 Å². The number of benzene rings is 1. The van der Waals surface area contributed by atoms with Crippen LogP contribution in [0.25, 0.3) is 11.3 Å². The summed E-state index contributed by atoms with van der Waals surface area (Å²) in [5.41, 5.74) is 0.388. The molecule has 2 aliphatic rings. The number of carbonyl (C=O) groups excluding carboxylic acids is 1. The van der Waals surface area contributed by atoms with Gasteiger partial charge in [-0.15, -0.1) is 0 Å². The van der Waals surface area contributed by atoms with Crippen LogP contribution >= 0.6 is 0 Å². The minimum absolute atomic E-state index is 0.137. The van der Waals surface area contributed by atoms with E-state index >= 15 is 0 Å². The smallest absolute Gasteiger partial charge is 0.223 e. The molecule has 0 bridgehead atoms. The van der Waals surface area contributed by atoms with Gasteiger partial charge in [0.2, 0.25) is 5.91 Å². The second-order valence-corrected chi connectivity index (χ2v) is 8.90. The summed E-state index contributed by atoms with van der Waals surface area (Å²) in [5.74, 6) is 1.30. The van der Waals surface area contributed by atoms with Gasteiger partial charge in [0.15, 0.2) is 11.7 Å². The zero-order chi connectivity index (χ0) is 21.8. The van der Waals surface area contributed by atoms with Gasteiger partial charge in [0, 0.05) is 45.6 Å². The van der Waals surface area contributed by atoms with Gasteiger partial charge in [0.1, 0.15) is 5.82 Å². The molecule has 2 atom stereocenters. The molecule has 2 saturated heterocycles. The van der Waals surface area contributed by atoms with Gasteiger partial charge in [-0.2, -0.15) is 0 Å². The number of ether oxygens (including phenoxy) is 1. The van der Waals surface area contributed by atoms with E-state index in [9.17, 15) is 9.18 Å². The van der Waals surface area contributed by atoms with E-state index in [0.717, 1.165) is 45.6 Å². The fourth-order valence-electron chi connectivity index (χ4n) is 4.75.